The number of aliphatic hydroxyl groups is 4. The maximum absolute atomic E-state index is 14.7. The first-order valence-corrected chi connectivity index (χ1v) is 21.9. The molecule has 0 aromatic carbocycles. The molecule has 0 radical (unpaired) electrons. The van der Waals surface area contributed by atoms with Crippen molar-refractivity contribution in [3.8, 4) is 0 Å². The highest BCUT2D eigenvalue weighted by molar-refractivity contribution is 7.81. The van der Waals surface area contributed by atoms with Gasteiger partial charge in [0.15, 0.2) is 0 Å². The van der Waals surface area contributed by atoms with Gasteiger partial charge in [0.2, 0.25) is 6.29 Å². The molecule has 5 aliphatic carbocycles. The molecule has 1 heterocycles. The molecular weight excluding hydrogens is 749 g/mol. The van der Waals surface area contributed by atoms with E-state index in [9.17, 15) is 51.2 Å². The SMILES string of the molecule is CC1=CC[C@]2(C(=O)O[C@H]3O[C@@H](CO)[C@H](O)[C@@H](O)[C@@H]3O)CC[C@]3(C)C(CCC4[C@@]5(C)CC[C@H](OS(=O)(=O)O)[C@@](C)(COS(=O)(=O)O)C5CC[C@]43C)[C@]2(C)[C@H]1C. The Labute approximate surface area is 319 Å². The number of carbonyl (C=O) groups is 1. The fourth-order valence-electron chi connectivity index (χ4n) is 13.7. The fraction of sp³-hybridized carbons (Fsp3) is 0.919. The van der Waals surface area contributed by atoms with Crippen LogP contribution >= 0.6 is 0 Å². The molecule has 6 aliphatic rings. The molecule has 0 aromatic heterocycles. The first-order chi connectivity index (χ1) is 24.8. The summed E-state index contributed by atoms with van der Waals surface area (Å²) >= 11 is 0. The monoisotopic (exact) mass is 808 g/mol. The molecular formula is C37H60O15S2. The van der Waals surface area contributed by atoms with Crippen LogP contribution in [0.4, 0.5) is 0 Å². The third-order valence-corrected chi connectivity index (χ3v) is 17.9. The highest BCUT2D eigenvalue weighted by atomic mass is 32.3. The minimum Gasteiger partial charge on any atom is -0.432 e. The number of aliphatic hydroxyl groups excluding tert-OH is 4. The lowest BCUT2D eigenvalue weighted by Gasteiger charge is -2.75. The molecule has 310 valence electrons. The molecule has 6 rings (SSSR count). The zero-order chi connectivity index (χ0) is 40.2. The summed E-state index contributed by atoms with van der Waals surface area (Å²) in [4.78, 5) is 14.7. The third-order valence-electron chi connectivity index (χ3n) is 17.0. The van der Waals surface area contributed by atoms with Crippen molar-refractivity contribution in [2.45, 2.75) is 143 Å². The Hall–Kier alpha value is -1.25. The smallest absolute Gasteiger partial charge is 0.397 e. The molecule has 0 amide bonds. The van der Waals surface area contributed by atoms with Gasteiger partial charge in [-0.2, -0.15) is 16.8 Å². The number of allylic oxidation sites excluding steroid dienone is 2. The van der Waals surface area contributed by atoms with E-state index in [1.807, 2.05) is 0 Å². The van der Waals surface area contributed by atoms with Crippen LogP contribution in [0, 0.1) is 56.2 Å². The Kier molecular flexibility index (Phi) is 10.7. The van der Waals surface area contributed by atoms with Gasteiger partial charge in [-0.05, 0) is 110 Å². The van der Waals surface area contributed by atoms with Crippen molar-refractivity contribution in [3.63, 3.8) is 0 Å². The van der Waals surface area contributed by atoms with E-state index in [1.165, 1.54) is 0 Å². The Morgan fingerprint density at radius 2 is 1.46 bits per heavy atom. The normalized spacial score (nSPS) is 50.8. The van der Waals surface area contributed by atoms with E-state index in [0.29, 0.717) is 38.5 Å². The number of hydrogen-bond donors (Lipinski definition) is 6. The molecule has 1 saturated heterocycles. The van der Waals surface area contributed by atoms with Gasteiger partial charge in [-0.1, -0.05) is 53.2 Å². The highest BCUT2D eigenvalue weighted by Crippen LogP contribution is 2.79. The molecule has 16 atom stereocenters. The Morgan fingerprint density at radius 1 is 0.833 bits per heavy atom. The van der Waals surface area contributed by atoms with E-state index >= 15 is 0 Å². The van der Waals surface area contributed by atoms with Gasteiger partial charge >= 0.3 is 26.8 Å². The highest BCUT2D eigenvalue weighted by Gasteiger charge is 2.75. The summed E-state index contributed by atoms with van der Waals surface area (Å²) in [6, 6.07) is 0. The number of fused-ring (bicyclic) bond motifs is 7. The van der Waals surface area contributed by atoms with Crippen molar-refractivity contribution in [3.05, 3.63) is 11.6 Å². The van der Waals surface area contributed by atoms with Crippen molar-refractivity contribution in [2.75, 3.05) is 13.2 Å². The minimum atomic E-state index is -4.90. The Bertz CT molecular complexity index is 1730. The van der Waals surface area contributed by atoms with Gasteiger partial charge < -0.3 is 29.9 Å². The quantitative estimate of drug-likeness (QED) is 0.117. The largest absolute Gasteiger partial charge is 0.432 e. The molecule has 54 heavy (non-hydrogen) atoms. The second-order valence-electron chi connectivity index (χ2n) is 18.7. The fourth-order valence-corrected chi connectivity index (χ4v) is 14.7. The minimum absolute atomic E-state index is 0.0228. The van der Waals surface area contributed by atoms with Crippen LogP contribution in [0.25, 0.3) is 0 Å². The summed E-state index contributed by atoms with van der Waals surface area (Å²) in [7, 11) is -9.77. The predicted molar refractivity (Wildman–Crippen MR) is 192 cm³/mol. The van der Waals surface area contributed by atoms with Gasteiger partial charge in [0.1, 0.15) is 24.4 Å². The topological polar surface area (TPSA) is 244 Å². The summed E-state index contributed by atoms with van der Waals surface area (Å²) in [6.45, 7) is 13.8. The van der Waals surface area contributed by atoms with Gasteiger partial charge in [-0.3, -0.25) is 13.9 Å². The first kappa shape index (κ1) is 42.4. The molecule has 6 N–H and O–H groups in total. The van der Waals surface area contributed by atoms with Crippen LogP contribution in [0.1, 0.15) is 106 Å². The predicted octanol–water partition coefficient (Wildman–Crippen LogP) is 3.36. The van der Waals surface area contributed by atoms with Crippen LogP contribution in [0.3, 0.4) is 0 Å². The van der Waals surface area contributed by atoms with E-state index in [2.05, 4.69) is 47.6 Å². The zero-order valence-electron chi connectivity index (χ0n) is 32.3. The summed E-state index contributed by atoms with van der Waals surface area (Å²) in [6.07, 6.45) is -1.74. The maximum Gasteiger partial charge on any atom is 0.397 e. The van der Waals surface area contributed by atoms with Gasteiger partial charge in [0.05, 0.1) is 24.7 Å². The molecule has 3 unspecified atom stereocenters. The summed E-state index contributed by atoms with van der Waals surface area (Å²) in [5.41, 5.74) is -2.73. The average Bonchev–Trinajstić information content (AvgIpc) is 3.07. The molecule has 0 aromatic rings. The van der Waals surface area contributed by atoms with Crippen LogP contribution < -0.4 is 0 Å². The number of ether oxygens (including phenoxy) is 2. The van der Waals surface area contributed by atoms with Gasteiger partial charge in [-0.25, -0.2) is 8.37 Å². The van der Waals surface area contributed by atoms with Gasteiger partial charge in [-0.15, -0.1) is 0 Å². The van der Waals surface area contributed by atoms with Gasteiger partial charge in [0.25, 0.3) is 0 Å². The van der Waals surface area contributed by atoms with E-state index in [4.69, 9.17) is 17.8 Å². The van der Waals surface area contributed by atoms with Crippen LogP contribution in [-0.2, 0) is 43.4 Å². The second kappa shape index (κ2) is 13.7. The molecule has 0 bridgehead atoms. The summed E-state index contributed by atoms with van der Waals surface area (Å²) in [5, 5.41) is 41.4. The van der Waals surface area contributed by atoms with Crippen molar-refractivity contribution in [2.24, 2.45) is 56.2 Å². The second-order valence-corrected chi connectivity index (χ2v) is 20.8. The van der Waals surface area contributed by atoms with Crippen molar-refractivity contribution in [1.82, 2.24) is 0 Å². The molecule has 17 heteroatoms. The molecule has 5 fully saturated rings. The first-order valence-electron chi connectivity index (χ1n) is 19.2. The zero-order valence-corrected chi connectivity index (χ0v) is 33.9. The van der Waals surface area contributed by atoms with Crippen molar-refractivity contribution in [1.29, 1.82) is 0 Å². The standard InChI is InChI=1S/C37H60O15S2/c1-20-10-15-37(31(42)51-30-29(41)28(40)27(39)22(18-38)50-30)17-16-35(6)25(36(37,7)21(20)2)9-8-24-32(3)13-12-26(52-54(46,47)48)33(4,19-49-53(43,44)45)23(32)11-14-34(24,35)5/h10,21-30,38-41H,8-9,11-19H2,1-7H3,(H,43,44,45)(H,46,47,48)/t21-,22-,23?,24?,25?,26-,27-,28+,29-,30+,32-,33-,34+,35+,36-,37+/m0/s1. The number of hydrogen-bond acceptors (Lipinski definition) is 13. The number of carbonyl (C=O) groups excluding carboxylic acids is 1. The molecule has 15 nitrogen and oxygen atoms in total. The lowest BCUT2D eigenvalue weighted by atomic mass is 9.29. The third kappa shape index (κ3) is 6.16. The van der Waals surface area contributed by atoms with E-state index in [0.717, 1.165) is 18.4 Å². The molecule has 0 spiro atoms. The lowest BCUT2D eigenvalue weighted by Crippen LogP contribution is -2.71. The molecule has 1 aliphatic heterocycles. The average molecular weight is 809 g/mol. The Balaban J connectivity index is 1.36. The summed E-state index contributed by atoms with van der Waals surface area (Å²) in [5.74, 6) is -0.777. The van der Waals surface area contributed by atoms with Crippen LogP contribution in [0.15, 0.2) is 11.6 Å². The van der Waals surface area contributed by atoms with E-state index < -0.39 is 98.5 Å². The van der Waals surface area contributed by atoms with Crippen molar-refractivity contribution >= 4 is 26.8 Å². The van der Waals surface area contributed by atoms with E-state index in [1.54, 1.807) is 6.92 Å². The van der Waals surface area contributed by atoms with Gasteiger partial charge in [0, 0.05) is 5.41 Å². The van der Waals surface area contributed by atoms with E-state index in [-0.39, 0.29) is 40.9 Å². The van der Waals surface area contributed by atoms with Crippen molar-refractivity contribution < 1.29 is 69.0 Å². The number of esters is 1. The van der Waals surface area contributed by atoms with Crippen LogP contribution in [0.5, 0.6) is 0 Å². The van der Waals surface area contributed by atoms with Crippen LogP contribution in [-0.4, -0.2) is 102 Å². The molecule has 4 saturated carbocycles. The number of rotatable bonds is 8. The van der Waals surface area contributed by atoms with Crippen LogP contribution in [0.2, 0.25) is 0 Å². The summed E-state index contributed by atoms with van der Waals surface area (Å²) < 4.78 is 88.6. The lowest BCUT2D eigenvalue weighted by molar-refractivity contribution is -0.305. The maximum atomic E-state index is 14.7. The Morgan fingerprint density at radius 3 is 2.07 bits per heavy atom.